The van der Waals surface area contributed by atoms with Crippen LogP contribution >= 0.6 is 11.6 Å². The molecule has 0 amide bonds. The fraction of sp³-hybridized carbons (Fsp3) is 0.350. The molecule has 0 saturated carbocycles. The minimum atomic E-state index is 0.208. The Morgan fingerprint density at radius 3 is 2.54 bits per heavy atom. The van der Waals surface area contributed by atoms with E-state index in [0.29, 0.717) is 20.3 Å². The number of alkyl halides is 2. The average molecular weight is 347 g/mol. The van der Waals surface area contributed by atoms with Crippen LogP contribution in [-0.4, -0.2) is 26.1 Å². The molecule has 24 heavy (non-hydrogen) atoms. The molecular weight excluding hydrogens is 321 g/mol. The Morgan fingerprint density at radius 1 is 1.17 bits per heavy atom. The van der Waals surface area contributed by atoms with Crippen molar-refractivity contribution in [1.29, 1.82) is 0 Å². The van der Waals surface area contributed by atoms with Crippen LogP contribution in [0.25, 0.3) is 0 Å². The number of ketones is 1. The number of aryl methyl sites for hydroxylation is 2. The van der Waals surface area contributed by atoms with Crippen LogP contribution in [0.4, 0.5) is 4.39 Å². The van der Waals surface area contributed by atoms with Gasteiger partial charge in [0.15, 0.2) is 12.5 Å². The molecule has 0 aromatic heterocycles. The second-order valence-corrected chi connectivity index (χ2v) is 5.94. The number of carbonyl (C=O) groups is 1. The molecule has 0 bridgehead atoms. The molecule has 3 rings (SSSR count). The predicted molar refractivity (Wildman–Crippen MR) is 104 cm³/mol. The van der Waals surface area contributed by atoms with Crippen LogP contribution in [0, 0.1) is 6.92 Å². The maximum absolute atomic E-state index is 12.3. The zero-order valence-corrected chi connectivity index (χ0v) is 15.7. The predicted octanol–water partition coefficient (Wildman–Crippen LogP) is 4.75. The fourth-order valence-corrected chi connectivity index (χ4v) is 3.07. The molecule has 0 aliphatic carbocycles. The van der Waals surface area contributed by atoms with Gasteiger partial charge in [0.05, 0.1) is 7.18 Å². The summed E-state index contributed by atoms with van der Waals surface area (Å²) in [5.41, 5.74) is 6.00. The molecule has 1 heterocycles. The summed E-state index contributed by atoms with van der Waals surface area (Å²) >= 11 is 4.64. The first-order chi connectivity index (χ1) is 11.6. The van der Waals surface area contributed by atoms with Gasteiger partial charge in [0.25, 0.3) is 0 Å². The lowest BCUT2D eigenvalue weighted by atomic mass is 9.48. The average Bonchev–Trinajstić information content (AvgIpc) is 2.99. The van der Waals surface area contributed by atoms with Gasteiger partial charge in [0.1, 0.15) is 0 Å². The monoisotopic (exact) mass is 346 g/mol. The van der Waals surface area contributed by atoms with Crippen LogP contribution < -0.4 is 5.46 Å². The first-order valence-electron chi connectivity index (χ1n) is 8.10. The zero-order chi connectivity index (χ0) is 18.1. The molecule has 2 aromatic rings. The highest BCUT2D eigenvalue weighted by atomic mass is 35.5. The lowest BCUT2D eigenvalue weighted by Crippen LogP contribution is -2.23. The first kappa shape index (κ1) is 20.4. The molecule has 4 heteroatoms. The second-order valence-electron chi connectivity index (χ2n) is 5.94. The van der Waals surface area contributed by atoms with Gasteiger partial charge in [0.2, 0.25) is 0 Å². The van der Waals surface area contributed by atoms with Crippen LogP contribution in [0.5, 0.6) is 0 Å². The molecule has 0 atom stereocenters. The van der Waals surface area contributed by atoms with E-state index in [9.17, 15) is 9.18 Å². The Labute approximate surface area is 150 Å². The number of fused-ring (bicyclic) bond motifs is 1. The molecule has 1 aliphatic heterocycles. The van der Waals surface area contributed by atoms with Crippen LogP contribution in [-0.2, 0) is 12.8 Å². The van der Waals surface area contributed by atoms with E-state index in [1.165, 1.54) is 30.2 Å². The standard InChI is InChI=1S/C18H19BO.CH3Cl.CH3F/c1-13-4-3-5-16(10-13)18(20)12-14-6-7-15-8-9-19(2)17(15)11-14;2*1-2/h3-7,10-11H,8-9,12H2,1-2H3;2*1H3. The molecule has 0 N–H and O–H groups in total. The van der Waals surface area contributed by atoms with Crippen LogP contribution in [0.15, 0.2) is 42.5 Å². The summed E-state index contributed by atoms with van der Waals surface area (Å²) in [5, 5.41) is 0. The van der Waals surface area contributed by atoms with Gasteiger partial charge in [-0.15, -0.1) is 11.6 Å². The second kappa shape index (κ2) is 10.3. The van der Waals surface area contributed by atoms with Gasteiger partial charge in [-0.25, -0.2) is 0 Å². The number of halogens is 2. The van der Waals surface area contributed by atoms with Gasteiger partial charge in [-0.3, -0.25) is 9.18 Å². The van der Waals surface area contributed by atoms with Crippen molar-refractivity contribution in [3.63, 3.8) is 0 Å². The summed E-state index contributed by atoms with van der Waals surface area (Å²) in [5.74, 6) is 0.208. The number of rotatable bonds is 3. The third kappa shape index (κ3) is 5.20. The lowest BCUT2D eigenvalue weighted by Gasteiger charge is -2.07. The highest BCUT2D eigenvalue weighted by Crippen LogP contribution is 2.17. The fourth-order valence-electron chi connectivity index (χ4n) is 3.07. The Morgan fingerprint density at radius 2 is 1.88 bits per heavy atom. The number of hydrogen-bond acceptors (Lipinski definition) is 1. The summed E-state index contributed by atoms with van der Waals surface area (Å²) in [4.78, 5) is 12.3. The largest absolute Gasteiger partial charge is 0.294 e. The van der Waals surface area contributed by atoms with E-state index in [0.717, 1.165) is 16.7 Å². The van der Waals surface area contributed by atoms with Crippen molar-refractivity contribution in [2.24, 2.45) is 0 Å². The minimum absolute atomic E-state index is 0.208. The van der Waals surface area contributed by atoms with E-state index in [2.05, 4.69) is 36.6 Å². The van der Waals surface area contributed by atoms with Gasteiger partial charge in [-0.2, -0.15) is 0 Å². The smallest absolute Gasteiger partial charge is 0.173 e. The van der Waals surface area contributed by atoms with Crippen molar-refractivity contribution in [2.75, 3.05) is 13.6 Å². The molecule has 0 radical (unpaired) electrons. The van der Waals surface area contributed by atoms with E-state index < -0.39 is 0 Å². The normalized spacial score (nSPS) is 11.7. The van der Waals surface area contributed by atoms with E-state index in [4.69, 9.17) is 0 Å². The van der Waals surface area contributed by atoms with E-state index in [-0.39, 0.29) is 5.78 Å². The first-order valence-corrected chi connectivity index (χ1v) is 8.86. The van der Waals surface area contributed by atoms with Gasteiger partial charge < -0.3 is 0 Å². The van der Waals surface area contributed by atoms with Gasteiger partial charge in [-0.1, -0.05) is 66.1 Å². The van der Waals surface area contributed by atoms with Gasteiger partial charge >= 0.3 is 0 Å². The van der Waals surface area contributed by atoms with Crippen LogP contribution in [0.1, 0.15) is 27.0 Å². The number of carbonyl (C=O) groups excluding carboxylic acids is 1. The maximum Gasteiger partial charge on any atom is 0.173 e. The Hall–Kier alpha value is -1.61. The summed E-state index contributed by atoms with van der Waals surface area (Å²) in [6, 6.07) is 14.4. The highest BCUT2D eigenvalue weighted by Gasteiger charge is 2.21. The van der Waals surface area contributed by atoms with Crippen molar-refractivity contribution in [3.8, 4) is 0 Å². The zero-order valence-electron chi connectivity index (χ0n) is 14.9. The highest BCUT2D eigenvalue weighted by molar-refractivity contribution is 6.73. The van der Waals surface area contributed by atoms with Crippen molar-refractivity contribution < 1.29 is 9.18 Å². The molecule has 1 nitrogen and oxygen atoms in total. The molecule has 0 fully saturated rings. The number of Topliss-reactive ketones (excluding diaryl/α,β-unsaturated/α-hetero) is 1. The Bertz CT molecular complexity index is 672. The molecule has 128 valence electrons. The van der Waals surface area contributed by atoms with E-state index in [1.807, 2.05) is 31.2 Å². The van der Waals surface area contributed by atoms with E-state index in [1.54, 1.807) is 0 Å². The van der Waals surface area contributed by atoms with Crippen molar-refractivity contribution in [3.05, 3.63) is 64.7 Å². The van der Waals surface area contributed by atoms with Gasteiger partial charge in [0, 0.05) is 18.4 Å². The molecule has 1 aliphatic rings. The molecule has 0 spiro atoms. The number of benzene rings is 2. The SMILES string of the molecule is CB1CCc2ccc(CC(=O)c3cccc(C)c3)cc21.CCl.CF. The summed E-state index contributed by atoms with van der Waals surface area (Å²) in [6.07, 6.45) is 4.40. The summed E-state index contributed by atoms with van der Waals surface area (Å²) < 4.78 is 9.50. The number of hydrogen-bond donors (Lipinski definition) is 0. The third-order valence-corrected chi connectivity index (χ3v) is 4.29. The molecule has 0 saturated heterocycles. The van der Waals surface area contributed by atoms with Crippen LogP contribution in [0.3, 0.4) is 0 Å². The molecule has 2 aromatic carbocycles. The Balaban J connectivity index is 0.000000671. The van der Waals surface area contributed by atoms with Gasteiger partial charge in [-0.05, 0) is 25.0 Å². The third-order valence-electron chi connectivity index (χ3n) is 4.29. The van der Waals surface area contributed by atoms with Crippen LogP contribution in [0.2, 0.25) is 13.1 Å². The van der Waals surface area contributed by atoms with Crippen molar-refractivity contribution in [2.45, 2.75) is 32.9 Å². The lowest BCUT2D eigenvalue weighted by molar-refractivity contribution is 0.0993. The maximum atomic E-state index is 12.3. The van der Waals surface area contributed by atoms with Crippen molar-refractivity contribution in [1.82, 2.24) is 0 Å². The quantitative estimate of drug-likeness (QED) is 0.445. The molecular formula is C20H25BClFO. The van der Waals surface area contributed by atoms with E-state index >= 15 is 0 Å². The summed E-state index contributed by atoms with van der Waals surface area (Å²) in [7, 11) is 0.500. The molecule has 0 unspecified atom stereocenters. The topological polar surface area (TPSA) is 17.1 Å². The minimum Gasteiger partial charge on any atom is -0.294 e. The summed E-state index contributed by atoms with van der Waals surface area (Å²) in [6.45, 7) is 4.94. The van der Waals surface area contributed by atoms with Crippen molar-refractivity contribution >= 4 is 29.6 Å². The Kier molecular flexibility index (Phi) is 8.77.